The highest BCUT2D eigenvalue weighted by molar-refractivity contribution is 6.10. The second-order valence-electron chi connectivity index (χ2n) is 10.2. The van der Waals surface area contributed by atoms with Crippen molar-refractivity contribution in [1.29, 1.82) is 0 Å². The summed E-state index contributed by atoms with van der Waals surface area (Å²) < 4.78 is 12.0. The van der Waals surface area contributed by atoms with E-state index in [2.05, 4.69) is 15.5 Å². The van der Waals surface area contributed by atoms with Gasteiger partial charge in [-0.15, -0.1) is 0 Å². The van der Waals surface area contributed by atoms with Crippen molar-refractivity contribution in [3.63, 3.8) is 0 Å². The summed E-state index contributed by atoms with van der Waals surface area (Å²) in [6, 6.07) is 2.23. The first-order valence-electron chi connectivity index (χ1n) is 11.4. The van der Waals surface area contributed by atoms with Crippen LogP contribution in [0.15, 0.2) is 12.1 Å². The predicted octanol–water partition coefficient (Wildman–Crippen LogP) is 0.478. The Hall–Kier alpha value is -2.65. The number of hydrogen-bond donors (Lipinski definition) is 3. The standard InChI is InChI=1S/C23H25N3O6/c1-31-13-5-4-12-14-16(13)32-18-21(14)8-9-26(10-11-2-3-11)17(15(12)27)23(21,30)7-6-22(18)19(28)24-20(29)25-22/h4-5,11,17-18,30H,2-3,6-10H2,1H3,(H2,24,25,28,29)/t17-,18-,21+,22-,23-/m0/s1. The monoisotopic (exact) mass is 439 g/mol. The average Bonchev–Trinajstić information content (AvgIpc) is 3.43. The molecule has 2 saturated carbocycles. The lowest BCUT2D eigenvalue weighted by Gasteiger charge is -2.64. The molecule has 9 nitrogen and oxygen atoms in total. The van der Waals surface area contributed by atoms with Gasteiger partial charge in [0.2, 0.25) is 0 Å². The molecule has 4 fully saturated rings. The number of hydrogen-bond acceptors (Lipinski definition) is 7. The minimum absolute atomic E-state index is 0.0949. The van der Waals surface area contributed by atoms with Gasteiger partial charge >= 0.3 is 6.03 Å². The van der Waals surface area contributed by atoms with Crippen LogP contribution in [0, 0.1) is 5.92 Å². The normalized spacial score (nSPS) is 41.2. The molecule has 2 bridgehead atoms. The summed E-state index contributed by atoms with van der Waals surface area (Å²) >= 11 is 0. The number of fused-ring (bicyclic) bond motifs is 1. The molecular formula is C23H25N3O6. The molecule has 2 spiro atoms. The van der Waals surface area contributed by atoms with Crippen LogP contribution < -0.4 is 20.1 Å². The Labute approximate surface area is 184 Å². The quantitative estimate of drug-likeness (QED) is 0.587. The molecule has 168 valence electrons. The second kappa shape index (κ2) is 5.63. The minimum Gasteiger partial charge on any atom is -0.493 e. The number of imide groups is 1. The summed E-state index contributed by atoms with van der Waals surface area (Å²) in [7, 11) is 1.53. The number of methoxy groups -OCH3 is 1. The summed E-state index contributed by atoms with van der Waals surface area (Å²) in [4.78, 5) is 41.3. The lowest BCUT2D eigenvalue weighted by Crippen LogP contribution is -2.82. The highest BCUT2D eigenvalue weighted by atomic mass is 16.5. The number of amides is 3. The number of ether oxygens (including phenoxy) is 2. The summed E-state index contributed by atoms with van der Waals surface area (Å²) in [6.07, 6.45) is 2.42. The van der Waals surface area contributed by atoms with E-state index in [-0.39, 0.29) is 18.6 Å². The van der Waals surface area contributed by atoms with Gasteiger partial charge in [0.05, 0.1) is 12.5 Å². The van der Waals surface area contributed by atoms with Crippen molar-refractivity contribution < 1.29 is 29.0 Å². The SMILES string of the molecule is COc1ccc2c3c1O[C@@H]1[C@]4(CC[C@]5(O)[C@H](C2=O)N(CC2CC2)CC[C@@]315)NC(=O)NC4=O. The molecule has 0 unspecified atom stereocenters. The molecule has 3 aliphatic carbocycles. The topological polar surface area (TPSA) is 117 Å². The van der Waals surface area contributed by atoms with Gasteiger partial charge in [-0.1, -0.05) is 0 Å². The first kappa shape index (κ1) is 18.9. The van der Waals surface area contributed by atoms with Crippen LogP contribution in [0.5, 0.6) is 11.5 Å². The van der Waals surface area contributed by atoms with Crippen LogP contribution in [0.1, 0.15) is 48.0 Å². The Morgan fingerprint density at radius 1 is 1.22 bits per heavy atom. The summed E-state index contributed by atoms with van der Waals surface area (Å²) in [5.74, 6) is 0.903. The molecule has 7 rings (SSSR count). The van der Waals surface area contributed by atoms with E-state index in [9.17, 15) is 19.5 Å². The van der Waals surface area contributed by atoms with E-state index in [1.54, 1.807) is 12.1 Å². The molecule has 3 N–H and O–H groups in total. The average molecular weight is 439 g/mol. The van der Waals surface area contributed by atoms with Crippen molar-refractivity contribution >= 4 is 17.7 Å². The number of carbonyl (C=O) groups excluding carboxylic acids is 3. The fraction of sp³-hybridized carbons (Fsp3) is 0.609. The number of likely N-dealkylation sites (tertiary alicyclic amines) is 1. The zero-order valence-corrected chi connectivity index (χ0v) is 17.8. The third kappa shape index (κ3) is 1.89. The van der Waals surface area contributed by atoms with Gasteiger partial charge in [-0.25, -0.2) is 4.79 Å². The molecule has 1 aromatic rings. The van der Waals surface area contributed by atoms with Crippen LogP contribution in [0.3, 0.4) is 0 Å². The second-order valence-corrected chi connectivity index (χ2v) is 10.2. The van der Waals surface area contributed by atoms with E-state index in [1.807, 2.05) is 0 Å². The van der Waals surface area contributed by atoms with Crippen LogP contribution >= 0.6 is 0 Å². The van der Waals surface area contributed by atoms with Gasteiger partial charge in [-0.2, -0.15) is 0 Å². The van der Waals surface area contributed by atoms with Crippen molar-refractivity contribution in [2.24, 2.45) is 5.92 Å². The van der Waals surface area contributed by atoms with Crippen molar-refractivity contribution in [3.05, 3.63) is 23.3 Å². The van der Waals surface area contributed by atoms with Crippen molar-refractivity contribution in [1.82, 2.24) is 15.5 Å². The zero-order chi connectivity index (χ0) is 22.0. The molecule has 1 aromatic carbocycles. The summed E-state index contributed by atoms with van der Waals surface area (Å²) in [5.41, 5.74) is -2.51. The first-order valence-corrected chi connectivity index (χ1v) is 11.4. The highest BCUT2D eigenvalue weighted by Crippen LogP contribution is 2.67. The van der Waals surface area contributed by atoms with Gasteiger partial charge in [0.25, 0.3) is 5.91 Å². The fourth-order valence-corrected chi connectivity index (χ4v) is 7.37. The van der Waals surface area contributed by atoms with Gasteiger partial charge in [0.15, 0.2) is 22.8 Å². The Bertz CT molecular complexity index is 1120. The molecule has 0 radical (unpaired) electrons. The maximum atomic E-state index is 13.8. The van der Waals surface area contributed by atoms with Gasteiger partial charge in [-0.05, 0) is 50.2 Å². The third-order valence-corrected chi connectivity index (χ3v) is 8.87. The van der Waals surface area contributed by atoms with Crippen LogP contribution in [0.4, 0.5) is 4.79 Å². The number of aliphatic hydroxyl groups is 1. The third-order valence-electron chi connectivity index (χ3n) is 8.87. The fourth-order valence-electron chi connectivity index (χ4n) is 7.37. The lowest BCUT2D eigenvalue weighted by atomic mass is 9.46. The number of piperidine rings is 1. The number of carbonyl (C=O) groups is 3. The molecule has 3 heterocycles. The first-order chi connectivity index (χ1) is 15.4. The van der Waals surface area contributed by atoms with Gasteiger partial charge in [0.1, 0.15) is 17.7 Å². The van der Waals surface area contributed by atoms with E-state index in [0.29, 0.717) is 41.5 Å². The van der Waals surface area contributed by atoms with Crippen molar-refractivity contribution in [2.45, 2.75) is 60.8 Å². The summed E-state index contributed by atoms with van der Waals surface area (Å²) in [6.45, 7) is 1.41. The Kier molecular flexibility index (Phi) is 3.32. The molecule has 2 saturated heterocycles. The number of nitrogens with zero attached hydrogens (tertiary/aromatic N) is 1. The van der Waals surface area contributed by atoms with E-state index < -0.39 is 40.6 Å². The number of rotatable bonds is 3. The molecule has 9 heteroatoms. The Balaban J connectivity index is 1.49. The van der Waals surface area contributed by atoms with E-state index in [4.69, 9.17) is 9.47 Å². The molecule has 0 aromatic heterocycles. The van der Waals surface area contributed by atoms with Gasteiger partial charge in [0, 0.05) is 24.2 Å². The molecule has 32 heavy (non-hydrogen) atoms. The molecule has 5 atom stereocenters. The van der Waals surface area contributed by atoms with Crippen molar-refractivity contribution in [2.75, 3.05) is 20.2 Å². The number of Topliss-reactive ketones (excluding diaryl/α,β-unsaturated/α-hetero) is 1. The largest absolute Gasteiger partial charge is 0.493 e. The smallest absolute Gasteiger partial charge is 0.322 e. The van der Waals surface area contributed by atoms with Gasteiger partial charge in [-0.3, -0.25) is 19.8 Å². The number of urea groups is 1. The van der Waals surface area contributed by atoms with Gasteiger partial charge < -0.3 is 19.9 Å². The van der Waals surface area contributed by atoms with Crippen molar-refractivity contribution in [3.8, 4) is 11.5 Å². The molecule has 3 aliphatic heterocycles. The Morgan fingerprint density at radius 3 is 2.72 bits per heavy atom. The number of nitrogens with one attached hydrogen (secondary N) is 2. The minimum atomic E-state index is -1.40. The molecular weight excluding hydrogens is 414 g/mol. The highest BCUT2D eigenvalue weighted by Gasteiger charge is 2.80. The van der Waals surface area contributed by atoms with Crippen LogP contribution in [0.25, 0.3) is 0 Å². The molecule has 3 amide bonds. The number of ketones is 1. The summed E-state index contributed by atoms with van der Waals surface area (Å²) in [5, 5.41) is 17.6. The van der Waals surface area contributed by atoms with E-state index in [0.717, 1.165) is 19.4 Å². The van der Waals surface area contributed by atoms with Crippen LogP contribution in [0.2, 0.25) is 0 Å². The molecule has 6 aliphatic rings. The van der Waals surface area contributed by atoms with E-state index >= 15 is 0 Å². The zero-order valence-electron chi connectivity index (χ0n) is 17.8. The van der Waals surface area contributed by atoms with E-state index in [1.165, 1.54) is 7.11 Å². The Morgan fingerprint density at radius 2 is 2.03 bits per heavy atom. The maximum absolute atomic E-state index is 13.8. The van der Waals surface area contributed by atoms with Crippen LogP contribution in [-0.2, 0) is 10.2 Å². The van der Waals surface area contributed by atoms with Crippen LogP contribution in [-0.4, -0.2) is 71.2 Å². The predicted molar refractivity (Wildman–Crippen MR) is 110 cm³/mol. The maximum Gasteiger partial charge on any atom is 0.322 e. The lowest BCUT2D eigenvalue weighted by molar-refractivity contribution is -0.191. The number of benzene rings is 1.